The third-order valence-electron chi connectivity index (χ3n) is 10.4. The lowest BCUT2D eigenvalue weighted by Crippen LogP contribution is -2.36. The van der Waals surface area contributed by atoms with Crippen molar-refractivity contribution in [2.45, 2.75) is 104 Å². The Labute approximate surface area is 317 Å². The zero-order chi connectivity index (χ0) is 38.9. The molecule has 2 aliphatic rings. The lowest BCUT2D eigenvalue weighted by atomic mass is 9.98. The summed E-state index contributed by atoms with van der Waals surface area (Å²) in [5, 5.41) is 31.2. The molecular weight excluding hydrogens is 692 g/mol. The van der Waals surface area contributed by atoms with Crippen molar-refractivity contribution in [3.8, 4) is 23.0 Å². The van der Waals surface area contributed by atoms with E-state index in [9.17, 15) is 29.7 Å². The number of ether oxygens (including phenoxy) is 3. The van der Waals surface area contributed by atoms with Crippen LogP contribution in [0.15, 0.2) is 44.6 Å². The molecule has 294 valence electrons. The first kappa shape index (κ1) is 40.6. The van der Waals surface area contributed by atoms with Crippen LogP contribution in [0.25, 0.3) is 21.9 Å². The zero-order valence-electron chi connectivity index (χ0n) is 32.4. The molecule has 0 saturated carbocycles. The highest BCUT2D eigenvalue weighted by atomic mass is 16.5. The van der Waals surface area contributed by atoms with Crippen molar-refractivity contribution < 1.29 is 43.5 Å². The number of benzene rings is 2. The first-order chi connectivity index (χ1) is 25.9. The van der Waals surface area contributed by atoms with Gasteiger partial charge in [-0.25, -0.2) is 0 Å². The average Bonchev–Trinajstić information content (AvgIpc) is 3.80. The fraction of sp³-hybridized carbons (Fsp3) is 0.548. The number of fused-ring (bicyclic) bond motifs is 2. The number of hydrogen-bond donors (Lipinski definition) is 3. The molecular formula is C42H56N2O10. The highest BCUT2D eigenvalue weighted by Gasteiger charge is 2.31. The molecule has 0 bridgehead atoms. The average molecular weight is 749 g/mol. The zero-order valence-corrected chi connectivity index (χ0v) is 32.4. The van der Waals surface area contributed by atoms with Gasteiger partial charge >= 0.3 is 11.9 Å². The number of likely N-dealkylation sites (tertiary alicyclic amines) is 2. The summed E-state index contributed by atoms with van der Waals surface area (Å²) >= 11 is 0. The third kappa shape index (κ3) is 9.57. The molecule has 0 amide bonds. The quantitative estimate of drug-likeness (QED) is 0.0650. The van der Waals surface area contributed by atoms with Gasteiger partial charge in [-0.05, 0) is 118 Å². The Balaban J connectivity index is 1.45. The number of nitrogens with zero attached hydrogens (tertiary/aromatic N) is 2. The molecule has 0 radical (unpaired) electrons. The molecule has 3 N–H and O–H groups in total. The number of unbranched alkanes of at least 4 members (excludes halogenated alkanes) is 2. The number of phenolic OH excluding ortho intramolecular Hbond substituents is 1. The normalized spacial score (nSPS) is 17.6. The van der Waals surface area contributed by atoms with Crippen LogP contribution in [0.4, 0.5) is 0 Å². The maximum Gasteiger partial charge on any atom is 0.320 e. The minimum Gasteiger partial charge on any atom is -0.507 e. The Bertz CT molecular complexity index is 1940. The van der Waals surface area contributed by atoms with Crippen LogP contribution >= 0.6 is 0 Å². The van der Waals surface area contributed by atoms with Gasteiger partial charge in [0.1, 0.15) is 40.1 Å². The summed E-state index contributed by atoms with van der Waals surface area (Å²) in [6.45, 7) is 11.5. The molecule has 0 unspecified atom stereocenters. The summed E-state index contributed by atoms with van der Waals surface area (Å²) in [5.74, 6) is -0.471. The summed E-state index contributed by atoms with van der Waals surface area (Å²) in [4.78, 5) is 41.7. The molecule has 0 aliphatic carbocycles. The van der Waals surface area contributed by atoms with Gasteiger partial charge < -0.3 is 33.9 Å². The smallest absolute Gasteiger partial charge is 0.320 e. The van der Waals surface area contributed by atoms with Crippen molar-refractivity contribution >= 4 is 33.9 Å². The number of hydrogen-bond acceptors (Lipinski definition) is 10. The molecule has 3 heterocycles. The molecule has 2 saturated heterocycles. The van der Waals surface area contributed by atoms with Crippen molar-refractivity contribution in [1.82, 2.24) is 9.80 Å². The first-order valence-electron chi connectivity index (χ1n) is 19.2. The summed E-state index contributed by atoms with van der Waals surface area (Å²) in [6, 6.07) is 2.48. The number of rotatable bonds is 19. The number of carboxylic acids is 2. The lowest BCUT2D eigenvalue weighted by molar-refractivity contribution is -0.143. The van der Waals surface area contributed by atoms with E-state index in [0.717, 1.165) is 49.9 Å². The van der Waals surface area contributed by atoms with Gasteiger partial charge in [0.25, 0.3) is 0 Å². The molecule has 2 aromatic carbocycles. The number of carboxylic acid groups (broad SMARTS) is 2. The van der Waals surface area contributed by atoms with E-state index in [4.69, 9.17) is 18.6 Å². The Morgan fingerprint density at radius 2 is 1.28 bits per heavy atom. The molecule has 5 rings (SSSR count). The van der Waals surface area contributed by atoms with Gasteiger partial charge in [0.05, 0.1) is 25.7 Å². The maximum absolute atomic E-state index is 14.5. The monoisotopic (exact) mass is 748 g/mol. The topological polar surface area (TPSA) is 159 Å². The Morgan fingerprint density at radius 3 is 1.80 bits per heavy atom. The highest BCUT2D eigenvalue weighted by molar-refractivity contribution is 5.98. The molecule has 12 nitrogen and oxygen atoms in total. The number of aromatic hydroxyl groups is 1. The summed E-state index contributed by atoms with van der Waals surface area (Å²) in [5.41, 5.74) is 3.28. The van der Waals surface area contributed by atoms with Gasteiger partial charge in [0.15, 0.2) is 11.5 Å². The highest BCUT2D eigenvalue weighted by Crippen LogP contribution is 2.42. The summed E-state index contributed by atoms with van der Waals surface area (Å²) in [7, 11) is 1.54. The fourth-order valence-corrected chi connectivity index (χ4v) is 7.61. The van der Waals surface area contributed by atoms with Crippen molar-refractivity contribution in [2.24, 2.45) is 0 Å². The SMILES string of the molecule is COc1c(OCCCCN2CCC[C@@H]2C(=O)O)cc2oc3cc(OCCCCN4CCC[C@H]4C(=O)O)c(CC=C(C)C)c(O)c3c(=O)c2c1CC=C(C)C. The molecule has 12 heteroatoms. The lowest BCUT2D eigenvalue weighted by Gasteiger charge is -2.21. The predicted octanol–water partition coefficient (Wildman–Crippen LogP) is 7.09. The predicted molar refractivity (Wildman–Crippen MR) is 208 cm³/mol. The van der Waals surface area contributed by atoms with E-state index >= 15 is 0 Å². The second-order valence-electron chi connectivity index (χ2n) is 14.9. The van der Waals surface area contributed by atoms with Crippen molar-refractivity contribution in [1.29, 1.82) is 0 Å². The van der Waals surface area contributed by atoms with E-state index < -0.39 is 24.0 Å². The largest absolute Gasteiger partial charge is 0.507 e. The second kappa shape index (κ2) is 18.7. The van der Waals surface area contributed by atoms with E-state index in [2.05, 4.69) is 0 Å². The van der Waals surface area contributed by atoms with E-state index in [-0.39, 0.29) is 22.1 Å². The van der Waals surface area contributed by atoms with Crippen LogP contribution < -0.4 is 19.6 Å². The minimum atomic E-state index is -0.778. The molecule has 0 spiro atoms. The van der Waals surface area contributed by atoms with Gasteiger partial charge in [0.2, 0.25) is 5.43 Å². The van der Waals surface area contributed by atoms with Crippen LogP contribution in [0, 0.1) is 0 Å². The van der Waals surface area contributed by atoms with Gasteiger partial charge in [-0.2, -0.15) is 0 Å². The molecule has 2 fully saturated rings. The van der Waals surface area contributed by atoms with Gasteiger partial charge in [-0.3, -0.25) is 24.2 Å². The van der Waals surface area contributed by atoms with E-state index in [1.165, 1.54) is 7.11 Å². The molecule has 2 aliphatic heterocycles. The summed E-state index contributed by atoms with van der Waals surface area (Å²) in [6.07, 6.45) is 10.7. The maximum atomic E-state index is 14.5. The first-order valence-corrected chi connectivity index (χ1v) is 19.2. The molecule has 1 aromatic heterocycles. The number of aliphatic carboxylic acids is 2. The number of methoxy groups -OCH3 is 1. The Kier molecular flexibility index (Phi) is 14.0. The van der Waals surface area contributed by atoms with Crippen LogP contribution in [0.1, 0.15) is 90.2 Å². The van der Waals surface area contributed by atoms with Crippen LogP contribution in [0.2, 0.25) is 0 Å². The Hall–Kier alpha value is -4.55. The van der Waals surface area contributed by atoms with Crippen LogP contribution in [0.5, 0.6) is 23.0 Å². The standard InChI is InChI=1S/C42H56N2O10/c1-26(2)14-16-28-32(52-22-8-6-18-43-20-10-12-30(43)41(47)48)24-34-37(38(28)45)39(46)36-29(17-15-27(3)4)40(51-5)35(25-33(36)54-34)53-23-9-7-19-44-21-11-13-31(44)42(49)50/h14-15,24-25,30-31,45H,6-13,16-23H2,1-5H3,(H,47,48)(H,49,50)/t30-,31+/m0/s1. The van der Waals surface area contributed by atoms with E-state index in [0.29, 0.717) is 104 Å². The number of allylic oxidation sites excluding steroid dienone is 4. The van der Waals surface area contributed by atoms with Crippen LogP contribution in [-0.2, 0) is 22.4 Å². The van der Waals surface area contributed by atoms with Gasteiger partial charge in [0, 0.05) is 23.3 Å². The van der Waals surface area contributed by atoms with Gasteiger partial charge in [-0.1, -0.05) is 23.3 Å². The second-order valence-corrected chi connectivity index (χ2v) is 14.9. The third-order valence-corrected chi connectivity index (χ3v) is 10.4. The number of carbonyl (C=O) groups is 2. The van der Waals surface area contributed by atoms with Crippen LogP contribution in [0.3, 0.4) is 0 Å². The fourth-order valence-electron chi connectivity index (χ4n) is 7.61. The van der Waals surface area contributed by atoms with Gasteiger partial charge in [-0.15, -0.1) is 0 Å². The van der Waals surface area contributed by atoms with Crippen molar-refractivity contribution in [2.75, 3.05) is 46.5 Å². The summed E-state index contributed by atoms with van der Waals surface area (Å²) < 4.78 is 24.8. The molecule has 2 atom stereocenters. The Morgan fingerprint density at radius 1 is 0.778 bits per heavy atom. The van der Waals surface area contributed by atoms with Crippen molar-refractivity contribution in [3.63, 3.8) is 0 Å². The van der Waals surface area contributed by atoms with Crippen LogP contribution in [-0.4, -0.2) is 95.6 Å². The van der Waals surface area contributed by atoms with E-state index in [1.807, 2.05) is 49.6 Å². The molecule has 54 heavy (non-hydrogen) atoms. The van der Waals surface area contributed by atoms with Crippen molar-refractivity contribution in [3.05, 3.63) is 56.8 Å². The minimum absolute atomic E-state index is 0.0662. The number of phenols is 1. The van der Waals surface area contributed by atoms with E-state index in [1.54, 1.807) is 12.1 Å². The molecule has 3 aromatic rings.